The molecule has 6 heteroatoms. The molecule has 2 heterocycles. The van der Waals surface area contributed by atoms with Gasteiger partial charge in [-0.2, -0.15) is 0 Å². The maximum atomic E-state index is 13.1. The van der Waals surface area contributed by atoms with Gasteiger partial charge in [0.2, 0.25) is 5.91 Å². The highest BCUT2D eigenvalue weighted by Crippen LogP contribution is 2.35. The fraction of sp³-hybridized carbons (Fsp3) is 0.409. The summed E-state index contributed by atoms with van der Waals surface area (Å²) in [4.78, 5) is 32.2. The van der Waals surface area contributed by atoms with Crippen LogP contribution in [0.25, 0.3) is 10.2 Å². The summed E-state index contributed by atoms with van der Waals surface area (Å²) >= 11 is 1.63. The van der Waals surface area contributed by atoms with Crippen LogP contribution in [0.15, 0.2) is 35.4 Å². The van der Waals surface area contributed by atoms with E-state index in [1.807, 2.05) is 24.3 Å². The molecule has 0 fully saturated rings. The highest BCUT2D eigenvalue weighted by Gasteiger charge is 2.23. The second-order valence-corrected chi connectivity index (χ2v) is 9.08. The predicted octanol–water partition coefficient (Wildman–Crippen LogP) is 4.34. The smallest absolute Gasteiger partial charge is 0.262 e. The van der Waals surface area contributed by atoms with E-state index in [9.17, 15) is 9.59 Å². The lowest BCUT2D eigenvalue weighted by atomic mass is 9.89. The number of hydrogen-bond acceptors (Lipinski definition) is 4. The summed E-state index contributed by atoms with van der Waals surface area (Å²) in [6.07, 6.45) is 4.54. The summed E-state index contributed by atoms with van der Waals surface area (Å²) in [7, 11) is 0. The molecule has 1 atom stereocenters. The number of nitrogens with zero attached hydrogens (tertiary/aromatic N) is 2. The van der Waals surface area contributed by atoms with Crippen molar-refractivity contribution in [2.45, 2.75) is 52.5 Å². The summed E-state index contributed by atoms with van der Waals surface area (Å²) in [6, 6.07) is 7.78. The normalized spacial score (nSPS) is 16.4. The van der Waals surface area contributed by atoms with E-state index in [-0.39, 0.29) is 18.0 Å². The van der Waals surface area contributed by atoms with Gasteiger partial charge in [-0.05, 0) is 48.3 Å². The Labute approximate surface area is 168 Å². The summed E-state index contributed by atoms with van der Waals surface area (Å²) in [5, 5.41) is 3.67. The molecule has 1 N–H and O–H groups in total. The summed E-state index contributed by atoms with van der Waals surface area (Å²) in [6.45, 7) is 6.40. The highest BCUT2D eigenvalue weighted by atomic mass is 32.1. The first-order valence-corrected chi connectivity index (χ1v) is 10.6. The lowest BCUT2D eigenvalue weighted by molar-refractivity contribution is -0.116. The molecule has 0 spiro atoms. The predicted molar refractivity (Wildman–Crippen MR) is 114 cm³/mol. The Hall–Kier alpha value is -2.47. The molecule has 4 rings (SSSR count). The zero-order valence-electron chi connectivity index (χ0n) is 16.5. The van der Waals surface area contributed by atoms with Gasteiger partial charge in [0.25, 0.3) is 5.56 Å². The van der Waals surface area contributed by atoms with Gasteiger partial charge in [0.15, 0.2) is 0 Å². The van der Waals surface area contributed by atoms with Gasteiger partial charge < -0.3 is 5.32 Å². The van der Waals surface area contributed by atoms with Gasteiger partial charge in [0.1, 0.15) is 11.4 Å². The van der Waals surface area contributed by atoms with Gasteiger partial charge >= 0.3 is 0 Å². The molecule has 2 aromatic heterocycles. The average molecular weight is 396 g/mol. The Balaban J connectivity index is 1.61. The number of anilines is 1. The van der Waals surface area contributed by atoms with Gasteiger partial charge in [0.05, 0.1) is 11.7 Å². The average Bonchev–Trinajstić information content (AvgIpc) is 3.02. The van der Waals surface area contributed by atoms with Crippen LogP contribution in [0.4, 0.5) is 5.69 Å². The number of thiophene rings is 1. The minimum Gasteiger partial charge on any atom is -0.324 e. The van der Waals surface area contributed by atoms with Crippen LogP contribution in [-0.2, 0) is 24.2 Å². The number of carbonyl (C=O) groups is 1. The zero-order valence-corrected chi connectivity index (χ0v) is 17.3. The number of benzene rings is 1. The minimum atomic E-state index is -0.214. The fourth-order valence-corrected chi connectivity index (χ4v) is 5.28. The van der Waals surface area contributed by atoms with Crippen LogP contribution in [0.3, 0.4) is 0 Å². The Morgan fingerprint density at radius 2 is 2.14 bits per heavy atom. The Kier molecular flexibility index (Phi) is 5.06. The topological polar surface area (TPSA) is 64.0 Å². The van der Waals surface area contributed by atoms with Gasteiger partial charge in [-0.15, -0.1) is 11.3 Å². The van der Waals surface area contributed by atoms with Crippen molar-refractivity contribution >= 4 is 33.1 Å². The monoisotopic (exact) mass is 395 g/mol. The molecule has 0 radical (unpaired) electrons. The first-order valence-electron chi connectivity index (χ1n) is 9.82. The van der Waals surface area contributed by atoms with Gasteiger partial charge in [-0.25, -0.2) is 4.98 Å². The summed E-state index contributed by atoms with van der Waals surface area (Å²) in [5.74, 6) is 0.737. The van der Waals surface area contributed by atoms with Gasteiger partial charge in [-0.3, -0.25) is 14.2 Å². The molecule has 28 heavy (non-hydrogen) atoms. The molecular weight excluding hydrogens is 370 g/mol. The molecule has 0 aliphatic heterocycles. The Bertz CT molecular complexity index is 1100. The van der Waals surface area contributed by atoms with Crippen LogP contribution < -0.4 is 10.9 Å². The molecule has 1 amide bonds. The molecular formula is C22H25N3O2S. The molecule has 1 aromatic carbocycles. The second-order valence-electron chi connectivity index (χ2n) is 8.00. The number of amides is 1. The van der Waals surface area contributed by atoms with Crippen LogP contribution in [0.2, 0.25) is 0 Å². The van der Waals surface area contributed by atoms with Crippen molar-refractivity contribution in [3.63, 3.8) is 0 Å². The van der Waals surface area contributed by atoms with Crippen molar-refractivity contribution in [1.29, 1.82) is 0 Å². The third-order valence-corrected chi connectivity index (χ3v) is 6.62. The van der Waals surface area contributed by atoms with E-state index in [0.29, 0.717) is 17.2 Å². The third-order valence-electron chi connectivity index (χ3n) is 5.45. The molecule has 1 unspecified atom stereocenters. The van der Waals surface area contributed by atoms with Crippen molar-refractivity contribution in [3.05, 3.63) is 57.0 Å². The number of fused-ring (bicyclic) bond motifs is 3. The zero-order chi connectivity index (χ0) is 19.8. The van der Waals surface area contributed by atoms with Crippen LogP contribution in [0.5, 0.6) is 0 Å². The molecule has 0 saturated carbocycles. The van der Waals surface area contributed by atoms with E-state index in [2.05, 4.69) is 31.1 Å². The first kappa shape index (κ1) is 18.9. The van der Waals surface area contributed by atoms with Crippen molar-refractivity contribution < 1.29 is 4.79 Å². The lowest BCUT2D eigenvalue weighted by Crippen LogP contribution is -2.28. The van der Waals surface area contributed by atoms with E-state index in [1.165, 1.54) is 15.8 Å². The number of aryl methyl sites for hydroxylation is 1. The molecule has 5 nitrogen and oxygen atoms in total. The van der Waals surface area contributed by atoms with Gasteiger partial charge in [0, 0.05) is 10.6 Å². The van der Waals surface area contributed by atoms with Crippen LogP contribution in [0, 0.1) is 5.92 Å². The number of carbonyl (C=O) groups excluding carboxylic acids is 1. The number of rotatable bonds is 4. The molecule has 146 valence electrons. The first-order chi connectivity index (χ1) is 13.4. The molecule has 1 aliphatic rings. The standard InChI is InChI=1S/C22H25N3O2S/c1-13(2)15-6-4-5-7-17(15)24-19(26)11-25-12-23-21-20(22(25)27)16-9-8-14(3)10-18(16)28-21/h4-7,12-14H,8-11H2,1-3H3,(H,24,26). The quantitative estimate of drug-likeness (QED) is 0.714. The minimum absolute atomic E-state index is 0.0325. The van der Waals surface area contributed by atoms with Crippen molar-refractivity contribution in [2.75, 3.05) is 5.32 Å². The van der Waals surface area contributed by atoms with Crippen LogP contribution in [-0.4, -0.2) is 15.5 Å². The largest absolute Gasteiger partial charge is 0.324 e. The molecule has 3 aromatic rings. The van der Waals surface area contributed by atoms with E-state index in [0.717, 1.165) is 40.9 Å². The Morgan fingerprint density at radius 1 is 1.36 bits per heavy atom. The van der Waals surface area contributed by atoms with E-state index >= 15 is 0 Å². The fourth-order valence-electron chi connectivity index (χ4n) is 3.94. The van der Waals surface area contributed by atoms with Crippen LogP contribution in [0.1, 0.15) is 49.1 Å². The number of nitrogens with one attached hydrogen (secondary N) is 1. The van der Waals surface area contributed by atoms with Gasteiger partial charge in [-0.1, -0.05) is 39.0 Å². The number of para-hydroxylation sites is 1. The highest BCUT2D eigenvalue weighted by molar-refractivity contribution is 7.18. The van der Waals surface area contributed by atoms with Crippen molar-refractivity contribution in [3.8, 4) is 0 Å². The Morgan fingerprint density at radius 3 is 2.93 bits per heavy atom. The number of hydrogen-bond donors (Lipinski definition) is 1. The molecule has 0 saturated heterocycles. The van der Waals surface area contributed by atoms with E-state index in [4.69, 9.17) is 0 Å². The summed E-state index contributed by atoms with van der Waals surface area (Å²) in [5.41, 5.74) is 2.92. The van der Waals surface area contributed by atoms with E-state index in [1.54, 1.807) is 11.3 Å². The maximum absolute atomic E-state index is 13.1. The number of aromatic nitrogens is 2. The van der Waals surface area contributed by atoms with E-state index < -0.39 is 0 Å². The molecule has 1 aliphatic carbocycles. The second kappa shape index (κ2) is 7.51. The van der Waals surface area contributed by atoms with Crippen molar-refractivity contribution in [2.24, 2.45) is 5.92 Å². The molecule has 0 bridgehead atoms. The third kappa shape index (κ3) is 3.49. The SMILES string of the molecule is CC1CCc2c(sc3ncn(CC(=O)Nc4ccccc4C(C)C)c(=O)c23)C1. The maximum Gasteiger partial charge on any atom is 0.262 e. The van der Waals surface area contributed by atoms with Crippen molar-refractivity contribution in [1.82, 2.24) is 9.55 Å². The summed E-state index contributed by atoms with van der Waals surface area (Å²) < 4.78 is 1.43. The lowest BCUT2D eigenvalue weighted by Gasteiger charge is -2.17. The van der Waals surface area contributed by atoms with Crippen LogP contribution >= 0.6 is 11.3 Å².